The molecule has 0 spiro atoms. The standard InChI is InChI=1S/C24H37NO3/c1-23-8-6-15-16-7-9-24(28)10-21(24)18(16)3-2-17(15)19(23)4-5-20(23)22(27)13-25-11-14(26)12-25/h14-21,26,28H,2-13H2,1H3/t15-,16-,17-,18+,19+,20-,21?,23+,24+/m1/s1. The van der Waals surface area contributed by atoms with Crippen LogP contribution in [0.15, 0.2) is 0 Å². The lowest BCUT2D eigenvalue weighted by Gasteiger charge is -2.56. The Bertz CT molecular complexity index is 675. The molecule has 1 unspecified atom stereocenters. The molecule has 2 N–H and O–H groups in total. The maximum absolute atomic E-state index is 13.1. The number of aliphatic hydroxyl groups excluding tert-OH is 1. The SMILES string of the molecule is C[C@]12CC[C@@H]3[C@H]4CC[C@]5(O)CC5[C@H]4CC[C@H]3[C@@H]1CC[C@@H]2C(=O)CN1CC(O)C1. The van der Waals surface area contributed by atoms with Crippen LogP contribution in [0.3, 0.4) is 0 Å². The van der Waals surface area contributed by atoms with Crippen LogP contribution in [0.2, 0.25) is 0 Å². The van der Waals surface area contributed by atoms with Gasteiger partial charge in [-0.2, -0.15) is 0 Å². The molecule has 1 saturated heterocycles. The number of rotatable bonds is 3. The normalized spacial score (nSPS) is 55.5. The first-order valence-electron chi connectivity index (χ1n) is 12.0. The molecule has 4 heteroatoms. The van der Waals surface area contributed by atoms with Crippen LogP contribution in [-0.2, 0) is 4.79 Å². The van der Waals surface area contributed by atoms with Gasteiger partial charge in [0.15, 0.2) is 0 Å². The van der Waals surface area contributed by atoms with E-state index in [0.29, 0.717) is 31.3 Å². The molecule has 6 fully saturated rings. The second kappa shape index (κ2) is 6.04. The van der Waals surface area contributed by atoms with Gasteiger partial charge in [0.05, 0.1) is 18.2 Å². The summed E-state index contributed by atoms with van der Waals surface area (Å²) in [4.78, 5) is 15.3. The molecule has 1 heterocycles. The smallest absolute Gasteiger partial charge is 0.150 e. The molecule has 6 rings (SSSR count). The molecule has 5 saturated carbocycles. The second-order valence-electron chi connectivity index (χ2n) is 11.8. The Morgan fingerprint density at radius 1 is 0.929 bits per heavy atom. The number of likely N-dealkylation sites (tertiary alicyclic amines) is 1. The van der Waals surface area contributed by atoms with E-state index in [1.165, 1.54) is 38.5 Å². The van der Waals surface area contributed by atoms with Gasteiger partial charge in [0.2, 0.25) is 0 Å². The Balaban J connectivity index is 1.17. The third-order valence-corrected chi connectivity index (χ3v) is 10.7. The maximum Gasteiger partial charge on any atom is 0.150 e. The number of aliphatic hydroxyl groups is 2. The largest absolute Gasteiger partial charge is 0.390 e. The highest BCUT2D eigenvalue weighted by molar-refractivity contribution is 5.84. The molecule has 4 nitrogen and oxygen atoms in total. The topological polar surface area (TPSA) is 60.8 Å². The number of carbonyl (C=O) groups excluding carboxylic acids is 1. The fourth-order valence-corrected chi connectivity index (χ4v) is 9.21. The first-order valence-corrected chi connectivity index (χ1v) is 12.0. The summed E-state index contributed by atoms with van der Waals surface area (Å²) in [6, 6.07) is 0. The zero-order chi connectivity index (χ0) is 19.3. The minimum absolute atomic E-state index is 0.212. The Labute approximate surface area is 169 Å². The molecule has 1 aliphatic heterocycles. The van der Waals surface area contributed by atoms with Crippen LogP contribution >= 0.6 is 0 Å². The number of hydrogen-bond donors (Lipinski definition) is 2. The van der Waals surface area contributed by atoms with E-state index in [1.807, 2.05) is 0 Å². The number of fused-ring (bicyclic) bond motifs is 7. The van der Waals surface area contributed by atoms with Crippen LogP contribution in [0.5, 0.6) is 0 Å². The average Bonchev–Trinajstić information content (AvgIpc) is 3.21. The van der Waals surface area contributed by atoms with Gasteiger partial charge < -0.3 is 10.2 Å². The number of nitrogens with zero attached hydrogens (tertiary/aromatic N) is 1. The van der Waals surface area contributed by atoms with Crippen molar-refractivity contribution in [2.75, 3.05) is 19.6 Å². The second-order valence-corrected chi connectivity index (χ2v) is 11.8. The lowest BCUT2D eigenvalue weighted by Crippen LogP contribution is -2.54. The van der Waals surface area contributed by atoms with Gasteiger partial charge in [-0.05, 0) is 98.7 Å². The summed E-state index contributed by atoms with van der Waals surface area (Å²) < 4.78 is 0. The van der Waals surface area contributed by atoms with E-state index >= 15 is 0 Å². The van der Waals surface area contributed by atoms with Gasteiger partial charge in [-0.3, -0.25) is 9.69 Å². The molecule has 0 aromatic rings. The summed E-state index contributed by atoms with van der Waals surface area (Å²) in [5.74, 6) is 5.39. The van der Waals surface area contributed by atoms with E-state index in [-0.39, 0.29) is 23.0 Å². The highest BCUT2D eigenvalue weighted by Gasteiger charge is 2.65. The molecule has 0 aromatic carbocycles. The molecule has 0 aromatic heterocycles. The number of hydrogen-bond acceptors (Lipinski definition) is 4. The summed E-state index contributed by atoms with van der Waals surface area (Å²) in [6.07, 6.45) is 10.7. The minimum atomic E-state index is -0.271. The number of carbonyl (C=O) groups is 1. The molecule has 6 aliphatic rings. The van der Waals surface area contributed by atoms with Gasteiger partial charge in [0.25, 0.3) is 0 Å². The van der Waals surface area contributed by atoms with Gasteiger partial charge in [0.1, 0.15) is 5.78 Å². The first-order chi connectivity index (χ1) is 13.4. The van der Waals surface area contributed by atoms with E-state index < -0.39 is 0 Å². The number of ketones is 1. The Hall–Kier alpha value is -0.450. The fraction of sp³-hybridized carbons (Fsp3) is 0.958. The van der Waals surface area contributed by atoms with Gasteiger partial charge in [-0.25, -0.2) is 0 Å². The lowest BCUT2D eigenvalue weighted by molar-refractivity contribution is -0.134. The van der Waals surface area contributed by atoms with Crippen LogP contribution in [0, 0.1) is 46.8 Å². The molecule has 28 heavy (non-hydrogen) atoms. The average molecular weight is 388 g/mol. The molecule has 5 aliphatic carbocycles. The van der Waals surface area contributed by atoms with Gasteiger partial charge in [-0.1, -0.05) is 6.92 Å². The third-order valence-electron chi connectivity index (χ3n) is 10.7. The fourth-order valence-electron chi connectivity index (χ4n) is 9.21. The van der Waals surface area contributed by atoms with E-state index in [4.69, 9.17) is 0 Å². The zero-order valence-corrected chi connectivity index (χ0v) is 17.4. The molecular weight excluding hydrogens is 350 g/mol. The summed E-state index contributed by atoms with van der Waals surface area (Å²) >= 11 is 0. The Kier molecular flexibility index (Phi) is 3.96. The van der Waals surface area contributed by atoms with Crippen LogP contribution in [0.25, 0.3) is 0 Å². The van der Waals surface area contributed by atoms with Crippen LogP contribution in [0.1, 0.15) is 64.7 Å². The summed E-state index contributed by atoms with van der Waals surface area (Å²) in [6.45, 7) is 4.36. The van der Waals surface area contributed by atoms with Crippen molar-refractivity contribution in [3.05, 3.63) is 0 Å². The first kappa shape index (κ1) is 18.3. The Morgan fingerprint density at radius 3 is 2.32 bits per heavy atom. The highest BCUT2D eigenvalue weighted by Crippen LogP contribution is 2.68. The third kappa shape index (κ3) is 2.50. The lowest BCUT2D eigenvalue weighted by atomic mass is 9.49. The van der Waals surface area contributed by atoms with E-state index in [9.17, 15) is 15.0 Å². The highest BCUT2D eigenvalue weighted by atomic mass is 16.3. The van der Waals surface area contributed by atoms with Gasteiger partial charge in [0, 0.05) is 19.0 Å². The monoisotopic (exact) mass is 387 g/mol. The van der Waals surface area contributed by atoms with Crippen molar-refractivity contribution in [2.24, 2.45) is 46.8 Å². The van der Waals surface area contributed by atoms with Crippen LogP contribution < -0.4 is 0 Å². The van der Waals surface area contributed by atoms with Crippen LogP contribution in [-0.4, -0.2) is 52.2 Å². The quantitative estimate of drug-likeness (QED) is 0.782. The molecule has 9 atom stereocenters. The Morgan fingerprint density at radius 2 is 1.61 bits per heavy atom. The predicted molar refractivity (Wildman–Crippen MR) is 106 cm³/mol. The van der Waals surface area contributed by atoms with Gasteiger partial charge >= 0.3 is 0 Å². The van der Waals surface area contributed by atoms with Crippen molar-refractivity contribution >= 4 is 5.78 Å². The van der Waals surface area contributed by atoms with Gasteiger partial charge in [-0.15, -0.1) is 0 Å². The van der Waals surface area contributed by atoms with Crippen molar-refractivity contribution in [3.8, 4) is 0 Å². The minimum Gasteiger partial charge on any atom is -0.390 e. The van der Waals surface area contributed by atoms with Crippen molar-refractivity contribution in [1.29, 1.82) is 0 Å². The molecule has 156 valence electrons. The van der Waals surface area contributed by atoms with E-state index in [1.54, 1.807) is 0 Å². The molecule has 0 radical (unpaired) electrons. The van der Waals surface area contributed by atoms with Crippen molar-refractivity contribution in [1.82, 2.24) is 4.90 Å². The van der Waals surface area contributed by atoms with Crippen molar-refractivity contribution in [2.45, 2.75) is 76.4 Å². The number of Topliss-reactive ketones (excluding diaryl/α,β-unsaturated/α-hetero) is 1. The van der Waals surface area contributed by atoms with Crippen molar-refractivity contribution < 1.29 is 15.0 Å². The molecule has 0 amide bonds. The van der Waals surface area contributed by atoms with E-state index in [0.717, 1.165) is 48.9 Å². The summed E-state index contributed by atoms with van der Waals surface area (Å²) in [5.41, 5.74) is -0.0595. The summed E-state index contributed by atoms with van der Waals surface area (Å²) in [7, 11) is 0. The maximum atomic E-state index is 13.1. The van der Waals surface area contributed by atoms with Crippen molar-refractivity contribution in [3.63, 3.8) is 0 Å². The molecular formula is C24H37NO3. The number of β-amino-alcohol motifs (C(OH)–C–C–N with tert-alkyl or cyclic N) is 1. The van der Waals surface area contributed by atoms with E-state index in [2.05, 4.69) is 11.8 Å². The van der Waals surface area contributed by atoms with Crippen LogP contribution in [0.4, 0.5) is 0 Å². The predicted octanol–water partition coefficient (Wildman–Crippen LogP) is 2.86. The summed E-state index contributed by atoms with van der Waals surface area (Å²) in [5, 5.41) is 20.2. The zero-order valence-electron chi connectivity index (χ0n) is 17.4. The molecule has 0 bridgehead atoms.